The molecule has 1 aliphatic heterocycles. The number of nitro groups is 1. The Morgan fingerprint density at radius 1 is 1.24 bits per heavy atom. The first-order valence-electron chi connectivity index (χ1n) is 8.79. The van der Waals surface area contributed by atoms with Crippen LogP contribution in [-0.2, 0) is 14.8 Å². The zero-order chi connectivity index (χ0) is 21.0. The van der Waals surface area contributed by atoms with Gasteiger partial charge < -0.3 is 4.74 Å². The molecule has 1 aliphatic rings. The number of halogens is 2. The minimum absolute atomic E-state index is 0.0610. The fourth-order valence-electron chi connectivity index (χ4n) is 3.18. The highest BCUT2D eigenvalue weighted by Gasteiger charge is 2.29. The van der Waals surface area contributed by atoms with Gasteiger partial charge in [-0.3, -0.25) is 15.0 Å². The van der Waals surface area contributed by atoms with Crippen molar-refractivity contribution >= 4 is 27.3 Å². The topological polar surface area (TPSA) is 102 Å². The van der Waals surface area contributed by atoms with Crippen LogP contribution in [0.1, 0.15) is 11.6 Å². The summed E-state index contributed by atoms with van der Waals surface area (Å²) in [7, 11) is -4.24. The highest BCUT2D eigenvalue weighted by atomic mass is 35.5. The molecule has 8 nitrogen and oxygen atoms in total. The molecule has 29 heavy (non-hydrogen) atoms. The summed E-state index contributed by atoms with van der Waals surface area (Å²) in [6.07, 6.45) is 0. The van der Waals surface area contributed by atoms with Crippen LogP contribution in [0.15, 0.2) is 47.4 Å². The highest BCUT2D eigenvalue weighted by Crippen LogP contribution is 2.28. The molecule has 1 heterocycles. The molecule has 156 valence electrons. The Hall–Kier alpha value is -2.11. The minimum atomic E-state index is -4.24. The summed E-state index contributed by atoms with van der Waals surface area (Å²) >= 11 is 5.85. The summed E-state index contributed by atoms with van der Waals surface area (Å²) in [6.45, 7) is 1.92. The van der Waals surface area contributed by atoms with Crippen molar-refractivity contribution in [2.75, 3.05) is 32.8 Å². The molecule has 2 aromatic rings. The van der Waals surface area contributed by atoms with Gasteiger partial charge in [0, 0.05) is 36.8 Å². The zero-order valence-electron chi connectivity index (χ0n) is 15.3. The largest absolute Gasteiger partial charge is 0.379 e. The van der Waals surface area contributed by atoms with Crippen LogP contribution in [0.3, 0.4) is 0 Å². The van der Waals surface area contributed by atoms with Crippen molar-refractivity contribution < 1.29 is 22.5 Å². The number of sulfonamides is 1. The molecule has 0 amide bonds. The predicted octanol–water partition coefficient (Wildman–Crippen LogP) is 2.74. The molecule has 0 aromatic heterocycles. The molecule has 1 N–H and O–H groups in total. The van der Waals surface area contributed by atoms with Crippen molar-refractivity contribution in [3.05, 3.63) is 69.0 Å². The number of nitrogens with one attached hydrogen (secondary N) is 1. The summed E-state index contributed by atoms with van der Waals surface area (Å²) in [5.41, 5.74) is 0.0192. The van der Waals surface area contributed by atoms with Crippen molar-refractivity contribution in [2.45, 2.75) is 10.9 Å². The number of rotatable bonds is 7. The van der Waals surface area contributed by atoms with Crippen molar-refractivity contribution in [2.24, 2.45) is 0 Å². The first-order chi connectivity index (χ1) is 13.8. The van der Waals surface area contributed by atoms with E-state index < -0.39 is 37.4 Å². The second-order valence-electron chi connectivity index (χ2n) is 6.44. The molecule has 1 atom stereocenters. The summed E-state index contributed by atoms with van der Waals surface area (Å²) in [4.78, 5) is 11.9. The molecule has 0 saturated carbocycles. The molecule has 0 aliphatic carbocycles. The molecule has 0 bridgehead atoms. The summed E-state index contributed by atoms with van der Waals surface area (Å²) in [5.74, 6) is -0.436. The highest BCUT2D eigenvalue weighted by molar-refractivity contribution is 7.89. The third kappa shape index (κ3) is 5.28. The van der Waals surface area contributed by atoms with Crippen LogP contribution in [0.25, 0.3) is 0 Å². The Kier molecular flexibility index (Phi) is 6.81. The van der Waals surface area contributed by atoms with Crippen LogP contribution in [0, 0.1) is 15.9 Å². The average Bonchev–Trinajstić information content (AvgIpc) is 2.68. The number of ether oxygens (including phenoxy) is 1. The van der Waals surface area contributed by atoms with Crippen LogP contribution in [0.2, 0.25) is 5.02 Å². The van der Waals surface area contributed by atoms with Gasteiger partial charge in [-0.2, -0.15) is 0 Å². The Balaban J connectivity index is 1.89. The van der Waals surface area contributed by atoms with Gasteiger partial charge in [0.2, 0.25) is 10.0 Å². The van der Waals surface area contributed by atoms with E-state index >= 15 is 0 Å². The number of morpholine rings is 1. The van der Waals surface area contributed by atoms with E-state index in [0.29, 0.717) is 31.9 Å². The van der Waals surface area contributed by atoms with E-state index in [4.69, 9.17) is 16.3 Å². The maximum absolute atomic E-state index is 13.7. The van der Waals surface area contributed by atoms with E-state index in [0.717, 1.165) is 12.1 Å². The maximum Gasteiger partial charge on any atom is 0.289 e. The molecule has 2 aromatic carbocycles. The Bertz CT molecular complexity index is 999. The molecule has 1 fully saturated rings. The van der Waals surface area contributed by atoms with Crippen LogP contribution >= 0.6 is 11.6 Å². The van der Waals surface area contributed by atoms with Crippen LogP contribution < -0.4 is 4.72 Å². The second-order valence-corrected chi connectivity index (χ2v) is 8.61. The predicted molar refractivity (Wildman–Crippen MR) is 105 cm³/mol. The van der Waals surface area contributed by atoms with Gasteiger partial charge in [-0.25, -0.2) is 17.5 Å². The van der Waals surface area contributed by atoms with Crippen molar-refractivity contribution in [1.29, 1.82) is 0 Å². The van der Waals surface area contributed by atoms with Crippen molar-refractivity contribution in [3.8, 4) is 0 Å². The number of hydrogen-bond donors (Lipinski definition) is 1. The van der Waals surface area contributed by atoms with E-state index in [1.165, 1.54) is 18.2 Å². The van der Waals surface area contributed by atoms with E-state index in [2.05, 4.69) is 4.72 Å². The summed E-state index contributed by atoms with van der Waals surface area (Å²) in [6, 6.07) is 8.77. The van der Waals surface area contributed by atoms with E-state index in [-0.39, 0.29) is 11.6 Å². The number of hydrogen-bond acceptors (Lipinski definition) is 6. The molecule has 0 radical (unpaired) electrons. The lowest BCUT2D eigenvalue weighted by atomic mass is 10.0. The van der Waals surface area contributed by atoms with E-state index in [1.54, 1.807) is 12.1 Å². The van der Waals surface area contributed by atoms with Crippen LogP contribution in [-0.4, -0.2) is 51.1 Å². The van der Waals surface area contributed by atoms with Gasteiger partial charge in [-0.15, -0.1) is 0 Å². The number of nitrogens with zero attached hydrogens (tertiary/aromatic N) is 2. The van der Waals surface area contributed by atoms with Crippen molar-refractivity contribution in [1.82, 2.24) is 9.62 Å². The van der Waals surface area contributed by atoms with Gasteiger partial charge in [0.25, 0.3) is 5.69 Å². The van der Waals surface area contributed by atoms with E-state index in [9.17, 15) is 22.9 Å². The van der Waals surface area contributed by atoms with Gasteiger partial charge in [-0.1, -0.05) is 23.7 Å². The van der Waals surface area contributed by atoms with Gasteiger partial charge >= 0.3 is 0 Å². The van der Waals surface area contributed by atoms with E-state index in [1.807, 2.05) is 4.90 Å². The molecule has 1 unspecified atom stereocenters. The van der Waals surface area contributed by atoms with Crippen molar-refractivity contribution in [3.63, 3.8) is 0 Å². The maximum atomic E-state index is 13.7. The fourth-order valence-corrected chi connectivity index (χ4v) is 4.65. The molecular weight excluding hydrogens is 425 g/mol. The first-order valence-corrected chi connectivity index (χ1v) is 10.6. The molecule has 0 spiro atoms. The Morgan fingerprint density at radius 3 is 2.62 bits per heavy atom. The fraction of sp³-hybridized carbons (Fsp3) is 0.333. The number of nitro benzene ring substituents is 1. The standard InChI is InChI=1S/C18H19ClFN3O5S/c19-14-4-5-16(23(24)25)18(11-14)29(26,27)21-12-17(22-6-8-28-9-7-22)13-2-1-3-15(20)10-13/h1-5,10-11,17,21H,6-9,12H2. The smallest absolute Gasteiger partial charge is 0.289 e. The van der Waals surface area contributed by atoms with Crippen LogP contribution in [0.4, 0.5) is 10.1 Å². The SMILES string of the molecule is O=[N+]([O-])c1ccc(Cl)cc1S(=O)(=O)NCC(c1cccc(F)c1)N1CCOCC1. The number of benzene rings is 2. The first kappa shape index (κ1) is 21.6. The van der Waals surface area contributed by atoms with Gasteiger partial charge in [0.1, 0.15) is 5.82 Å². The monoisotopic (exact) mass is 443 g/mol. The summed E-state index contributed by atoms with van der Waals surface area (Å²) < 4.78 is 47.1. The quantitative estimate of drug-likeness (QED) is 0.521. The zero-order valence-corrected chi connectivity index (χ0v) is 16.8. The van der Waals surface area contributed by atoms with Crippen LogP contribution in [0.5, 0.6) is 0 Å². The van der Waals surface area contributed by atoms with Gasteiger partial charge in [0.15, 0.2) is 4.90 Å². The third-order valence-electron chi connectivity index (χ3n) is 4.59. The van der Waals surface area contributed by atoms with Gasteiger partial charge in [-0.05, 0) is 29.8 Å². The Labute approximate surface area is 172 Å². The van der Waals surface area contributed by atoms with Gasteiger partial charge in [0.05, 0.1) is 18.1 Å². The lowest BCUT2D eigenvalue weighted by molar-refractivity contribution is -0.387. The summed E-state index contributed by atoms with van der Waals surface area (Å²) in [5, 5.41) is 11.3. The molecule has 11 heteroatoms. The molecule has 1 saturated heterocycles. The molecular formula is C18H19ClFN3O5S. The minimum Gasteiger partial charge on any atom is -0.379 e. The Morgan fingerprint density at radius 2 is 1.97 bits per heavy atom. The lowest BCUT2D eigenvalue weighted by Gasteiger charge is -2.34. The normalized spacial score (nSPS) is 16.5. The second kappa shape index (κ2) is 9.14. The third-order valence-corrected chi connectivity index (χ3v) is 6.28. The lowest BCUT2D eigenvalue weighted by Crippen LogP contribution is -2.43. The average molecular weight is 444 g/mol. The molecule has 3 rings (SSSR count).